The van der Waals surface area contributed by atoms with Gasteiger partial charge in [0.2, 0.25) is 0 Å². The van der Waals surface area contributed by atoms with Crippen LogP contribution in [0.3, 0.4) is 0 Å². The van der Waals surface area contributed by atoms with E-state index in [2.05, 4.69) is 65.8 Å². The highest BCUT2D eigenvalue weighted by atomic mass is 31.2. The molecule has 0 aliphatic carbocycles. The second-order valence-electron chi connectivity index (χ2n) is 25.5. The third-order valence-electron chi connectivity index (χ3n) is 15.6. The Morgan fingerprint density at radius 2 is 0.607 bits per heavy atom. The van der Waals surface area contributed by atoms with Gasteiger partial charge in [0.1, 0.15) is 19.3 Å². The SMILES string of the molecule is CCCCCC/C=C\C=C/CCCCCCCC(=O)O[C@H](COC(=O)CCCCCCCCCCCCCCC(C)C)COP(=O)(O)OC[C@@H](O)COP(=O)(O)OC[C@@H](COC(=O)CCCCCCC)OC(=O)CCCCCCCCCCCCCC(C)C. The van der Waals surface area contributed by atoms with Crippen molar-refractivity contribution in [3.63, 3.8) is 0 Å². The largest absolute Gasteiger partial charge is 0.472 e. The van der Waals surface area contributed by atoms with E-state index in [1.165, 1.54) is 128 Å². The molecule has 5 atom stereocenters. The maximum absolute atomic E-state index is 13.0. The standard InChI is InChI=1S/C70H132O17P2/c1-7-9-11-13-14-15-16-17-18-19-26-31-36-42-48-54-70(75)87-66(59-81-68(73)53-47-41-35-30-25-21-20-23-28-33-39-44-50-62(3)4)61-85-89(78,79)83-57-64(71)56-82-88(76,77)84-60-65(58-80-67(72)52-46-38-12-10-8-2)86-69(74)55-49-43-37-32-27-22-24-29-34-40-45-51-63(5)6/h15-18,62-66,71H,7-14,19-61H2,1-6H3,(H,76,77)(H,78,79)/b16-15-,18-17-/t64-,65+,66+/m0/s1. The Labute approximate surface area is 542 Å². The fourth-order valence-electron chi connectivity index (χ4n) is 10.1. The van der Waals surface area contributed by atoms with Gasteiger partial charge in [0.15, 0.2) is 12.2 Å². The lowest BCUT2D eigenvalue weighted by Crippen LogP contribution is -2.30. The number of phosphoric ester groups is 2. The second kappa shape index (κ2) is 61.7. The first-order chi connectivity index (χ1) is 42.9. The molecule has 2 unspecified atom stereocenters. The molecule has 19 heteroatoms. The highest BCUT2D eigenvalue weighted by Gasteiger charge is 2.30. The molecule has 17 nitrogen and oxygen atoms in total. The van der Waals surface area contributed by atoms with Crippen LogP contribution in [0.1, 0.15) is 330 Å². The Balaban J connectivity index is 5.20. The number of rotatable bonds is 67. The molecule has 0 aliphatic heterocycles. The van der Waals surface area contributed by atoms with Crippen molar-refractivity contribution in [2.45, 2.75) is 349 Å². The predicted molar refractivity (Wildman–Crippen MR) is 358 cm³/mol. The minimum Gasteiger partial charge on any atom is -0.462 e. The van der Waals surface area contributed by atoms with E-state index in [0.29, 0.717) is 25.7 Å². The van der Waals surface area contributed by atoms with Crippen LogP contribution in [0.5, 0.6) is 0 Å². The smallest absolute Gasteiger partial charge is 0.462 e. The first-order valence-electron chi connectivity index (χ1n) is 35.8. The maximum Gasteiger partial charge on any atom is 0.472 e. The average molecular weight is 1310 g/mol. The van der Waals surface area contributed by atoms with Crippen LogP contribution in [-0.4, -0.2) is 96.7 Å². The van der Waals surface area contributed by atoms with Crippen LogP contribution < -0.4 is 0 Å². The predicted octanol–water partition coefficient (Wildman–Crippen LogP) is 19.5. The van der Waals surface area contributed by atoms with Crippen LogP contribution in [0.2, 0.25) is 0 Å². The van der Waals surface area contributed by atoms with Gasteiger partial charge in [-0.1, -0.05) is 278 Å². The van der Waals surface area contributed by atoms with E-state index in [-0.39, 0.29) is 25.7 Å². The molecule has 0 bridgehead atoms. The third kappa shape index (κ3) is 64.1. The summed E-state index contributed by atoms with van der Waals surface area (Å²) < 4.78 is 68.0. The summed E-state index contributed by atoms with van der Waals surface area (Å²) in [6.45, 7) is 9.40. The lowest BCUT2D eigenvalue weighted by atomic mass is 10.0. The van der Waals surface area contributed by atoms with Crippen LogP contribution in [0.4, 0.5) is 0 Å². The van der Waals surface area contributed by atoms with Gasteiger partial charge >= 0.3 is 39.5 Å². The lowest BCUT2D eigenvalue weighted by molar-refractivity contribution is -0.161. The zero-order chi connectivity index (χ0) is 65.7. The minimum atomic E-state index is -4.96. The van der Waals surface area contributed by atoms with Crippen LogP contribution in [0.15, 0.2) is 24.3 Å². The Morgan fingerprint density at radius 3 is 0.921 bits per heavy atom. The summed E-state index contributed by atoms with van der Waals surface area (Å²) in [6.07, 6.45) is 49.7. The van der Waals surface area contributed by atoms with E-state index < -0.39 is 97.5 Å². The van der Waals surface area contributed by atoms with Crippen molar-refractivity contribution in [2.24, 2.45) is 11.8 Å². The number of allylic oxidation sites excluding steroid dienone is 4. The number of phosphoric acid groups is 2. The fourth-order valence-corrected chi connectivity index (χ4v) is 11.6. The summed E-state index contributed by atoms with van der Waals surface area (Å²) >= 11 is 0. The highest BCUT2D eigenvalue weighted by molar-refractivity contribution is 7.47. The van der Waals surface area contributed by atoms with Gasteiger partial charge in [-0.3, -0.25) is 37.3 Å². The van der Waals surface area contributed by atoms with Crippen LogP contribution >= 0.6 is 15.6 Å². The molecule has 0 aliphatic rings. The maximum atomic E-state index is 13.0. The Kier molecular flexibility index (Phi) is 60.0. The number of hydrogen-bond donors (Lipinski definition) is 3. The first kappa shape index (κ1) is 86.5. The van der Waals surface area contributed by atoms with E-state index >= 15 is 0 Å². The van der Waals surface area contributed by atoms with E-state index in [1.807, 2.05) is 0 Å². The van der Waals surface area contributed by atoms with Gasteiger partial charge in [0.25, 0.3) is 0 Å². The number of aliphatic hydroxyl groups excluding tert-OH is 1. The van der Waals surface area contributed by atoms with Crippen molar-refractivity contribution in [2.75, 3.05) is 39.6 Å². The molecule has 0 rings (SSSR count). The lowest BCUT2D eigenvalue weighted by Gasteiger charge is -2.21. The molecule has 0 aromatic rings. The molecule has 0 spiro atoms. The molecule has 0 aromatic heterocycles. The average Bonchev–Trinajstić information content (AvgIpc) is 3.55. The molecule has 0 fully saturated rings. The topological polar surface area (TPSA) is 237 Å². The zero-order valence-electron chi connectivity index (χ0n) is 57.2. The highest BCUT2D eigenvalue weighted by Crippen LogP contribution is 2.45. The Morgan fingerprint density at radius 1 is 0.348 bits per heavy atom. The molecule has 0 radical (unpaired) electrons. The molecule has 0 heterocycles. The number of esters is 4. The van der Waals surface area contributed by atoms with Gasteiger partial charge in [-0.2, -0.15) is 0 Å². The number of hydrogen-bond acceptors (Lipinski definition) is 15. The van der Waals surface area contributed by atoms with Gasteiger partial charge in [-0.15, -0.1) is 0 Å². The van der Waals surface area contributed by atoms with E-state index in [0.717, 1.165) is 121 Å². The molecule has 0 saturated carbocycles. The summed E-state index contributed by atoms with van der Waals surface area (Å²) in [5, 5.41) is 10.6. The summed E-state index contributed by atoms with van der Waals surface area (Å²) in [5.74, 6) is -0.622. The Hall–Kier alpha value is -2.46. The van der Waals surface area contributed by atoms with E-state index in [9.17, 15) is 43.2 Å². The molecular formula is C70H132O17P2. The normalized spacial score (nSPS) is 14.3. The van der Waals surface area contributed by atoms with Gasteiger partial charge in [0.05, 0.1) is 26.4 Å². The number of unbranched alkanes of at least 4 members (excludes halogenated alkanes) is 34. The molecule has 0 saturated heterocycles. The molecule has 0 amide bonds. The van der Waals surface area contributed by atoms with E-state index in [1.54, 1.807) is 0 Å². The molecule has 89 heavy (non-hydrogen) atoms. The zero-order valence-corrected chi connectivity index (χ0v) is 59.0. The summed E-state index contributed by atoms with van der Waals surface area (Å²) in [4.78, 5) is 72.3. The Bertz CT molecular complexity index is 1830. The third-order valence-corrected chi connectivity index (χ3v) is 17.5. The molecule has 0 aromatic carbocycles. The van der Waals surface area contributed by atoms with Crippen LogP contribution in [0.25, 0.3) is 0 Å². The summed E-state index contributed by atoms with van der Waals surface area (Å²) in [7, 11) is -9.90. The first-order valence-corrected chi connectivity index (χ1v) is 38.8. The van der Waals surface area contributed by atoms with Gasteiger partial charge < -0.3 is 33.8 Å². The number of ether oxygens (including phenoxy) is 4. The van der Waals surface area contributed by atoms with Crippen LogP contribution in [0, 0.1) is 11.8 Å². The summed E-state index contributed by atoms with van der Waals surface area (Å²) in [6, 6.07) is 0. The number of carbonyl (C=O) groups is 4. The van der Waals surface area contributed by atoms with Crippen molar-refractivity contribution in [3.05, 3.63) is 24.3 Å². The van der Waals surface area contributed by atoms with E-state index in [4.69, 9.17) is 37.0 Å². The molecule has 524 valence electrons. The fraction of sp³-hybridized carbons (Fsp3) is 0.886. The molecule has 3 N–H and O–H groups in total. The quantitative estimate of drug-likeness (QED) is 0.0169. The van der Waals surface area contributed by atoms with Crippen LogP contribution in [-0.2, 0) is 65.4 Å². The van der Waals surface area contributed by atoms with Crippen molar-refractivity contribution in [1.82, 2.24) is 0 Å². The van der Waals surface area contributed by atoms with Crippen molar-refractivity contribution < 1.29 is 80.2 Å². The number of aliphatic hydroxyl groups is 1. The summed E-state index contributed by atoms with van der Waals surface area (Å²) in [5.41, 5.74) is 0. The van der Waals surface area contributed by atoms with Crippen molar-refractivity contribution >= 4 is 39.5 Å². The minimum absolute atomic E-state index is 0.0848. The van der Waals surface area contributed by atoms with Crippen molar-refractivity contribution in [3.8, 4) is 0 Å². The monoisotopic (exact) mass is 1310 g/mol. The van der Waals surface area contributed by atoms with Gasteiger partial charge in [0, 0.05) is 25.7 Å². The van der Waals surface area contributed by atoms with Gasteiger partial charge in [-0.05, 0) is 63.2 Å². The number of carbonyl (C=O) groups excluding carboxylic acids is 4. The second-order valence-corrected chi connectivity index (χ2v) is 28.4. The molecular weight excluding hydrogens is 1170 g/mol. The van der Waals surface area contributed by atoms with Gasteiger partial charge in [-0.25, -0.2) is 9.13 Å². The van der Waals surface area contributed by atoms with Crippen molar-refractivity contribution in [1.29, 1.82) is 0 Å².